The number of ether oxygens (including phenoxy) is 1. The zero-order valence-electron chi connectivity index (χ0n) is 15.6. The van der Waals surface area contributed by atoms with E-state index in [1.54, 1.807) is 0 Å². The number of alkyl carbamates (subject to hydrolysis) is 1. The lowest BCUT2D eigenvalue weighted by Gasteiger charge is -2.42. The summed E-state index contributed by atoms with van der Waals surface area (Å²) in [4.78, 5) is 12.1. The van der Waals surface area contributed by atoms with Crippen molar-refractivity contribution in [2.45, 2.75) is 91.3 Å². The van der Waals surface area contributed by atoms with Gasteiger partial charge in [0.2, 0.25) is 0 Å². The number of rotatable bonds is 7. The molecule has 0 aromatic carbocycles. The minimum absolute atomic E-state index is 0.217. The van der Waals surface area contributed by atoms with Gasteiger partial charge in [0.15, 0.2) is 0 Å². The Kier molecular flexibility index (Phi) is 6.72. The normalized spacial score (nSPS) is 22.4. The fraction of sp³-hybridized carbons (Fsp3) is 0.944. The van der Waals surface area contributed by atoms with Gasteiger partial charge in [-0.1, -0.05) is 27.7 Å². The molecule has 0 atom stereocenters. The summed E-state index contributed by atoms with van der Waals surface area (Å²) in [7, 11) is 0. The van der Waals surface area contributed by atoms with Crippen LogP contribution in [0.25, 0.3) is 0 Å². The van der Waals surface area contributed by atoms with Gasteiger partial charge in [0, 0.05) is 12.6 Å². The molecule has 1 rings (SSSR count). The molecule has 22 heavy (non-hydrogen) atoms. The maximum absolute atomic E-state index is 12.1. The van der Waals surface area contributed by atoms with E-state index in [9.17, 15) is 4.79 Å². The summed E-state index contributed by atoms with van der Waals surface area (Å²) in [5.74, 6) is 1.63. The van der Waals surface area contributed by atoms with Crippen molar-refractivity contribution in [2.24, 2.45) is 11.8 Å². The third kappa shape index (κ3) is 5.79. The second kappa shape index (κ2) is 7.67. The summed E-state index contributed by atoms with van der Waals surface area (Å²) >= 11 is 0. The monoisotopic (exact) mass is 312 g/mol. The Morgan fingerprint density at radius 1 is 1.18 bits per heavy atom. The van der Waals surface area contributed by atoms with Gasteiger partial charge in [-0.2, -0.15) is 0 Å². The molecule has 0 aromatic rings. The van der Waals surface area contributed by atoms with Crippen LogP contribution < -0.4 is 10.6 Å². The first kappa shape index (κ1) is 19.3. The Balaban J connectivity index is 2.48. The molecule has 1 aliphatic carbocycles. The van der Waals surface area contributed by atoms with E-state index in [0.717, 1.165) is 31.2 Å². The molecule has 0 aliphatic heterocycles. The van der Waals surface area contributed by atoms with Gasteiger partial charge in [-0.15, -0.1) is 0 Å². The van der Waals surface area contributed by atoms with E-state index in [-0.39, 0.29) is 11.6 Å². The van der Waals surface area contributed by atoms with Crippen LogP contribution in [0.4, 0.5) is 4.79 Å². The van der Waals surface area contributed by atoms with Crippen LogP contribution in [0.1, 0.15) is 74.1 Å². The molecule has 0 bridgehead atoms. The molecule has 1 saturated carbocycles. The molecule has 130 valence electrons. The van der Waals surface area contributed by atoms with Crippen LogP contribution in [0.15, 0.2) is 0 Å². The zero-order valence-corrected chi connectivity index (χ0v) is 15.6. The minimum Gasteiger partial charge on any atom is -0.444 e. The van der Waals surface area contributed by atoms with Gasteiger partial charge in [0.05, 0.1) is 5.54 Å². The average Bonchev–Trinajstić information content (AvgIpc) is 2.32. The highest BCUT2D eigenvalue weighted by atomic mass is 16.6. The first-order valence-corrected chi connectivity index (χ1v) is 8.85. The predicted octanol–water partition coefficient (Wildman–Crippen LogP) is 4.09. The molecule has 1 aliphatic rings. The minimum atomic E-state index is -0.455. The van der Waals surface area contributed by atoms with Crippen LogP contribution in [0, 0.1) is 11.8 Å². The van der Waals surface area contributed by atoms with Crippen molar-refractivity contribution in [1.82, 2.24) is 10.6 Å². The first-order chi connectivity index (χ1) is 10.1. The van der Waals surface area contributed by atoms with E-state index in [1.807, 2.05) is 20.8 Å². The summed E-state index contributed by atoms with van der Waals surface area (Å²) in [6, 6.07) is 0.602. The summed E-state index contributed by atoms with van der Waals surface area (Å²) in [5.41, 5.74) is -0.672. The molecule has 4 heteroatoms. The van der Waals surface area contributed by atoms with E-state index < -0.39 is 5.60 Å². The summed E-state index contributed by atoms with van der Waals surface area (Å²) < 4.78 is 5.41. The first-order valence-electron chi connectivity index (χ1n) is 8.85. The lowest BCUT2D eigenvalue weighted by Crippen LogP contribution is -2.58. The van der Waals surface area contributed by atoms with E-state index in [4.69, 9.17) is 4.74 Å². The average molecular weight is 312 g/mol. The molecular formula is C18H36N2O2. The van der Waals surface area contributed by atoms with Crippen molar-refractivity contribution >= 4 is 6.09 Å². The van der Waals surface area contributed by atoms with Gasteiger partial charge in [-0.25, -0.2) is 4.79 Å². The van der Waals surface area contributed by atoms with Crippen molar-refractivity contribution in [1.29, 1.82) is 0 Å². The number of carbonyl (C=O) groups excluding carboxylic acids is 1. The van der Waals surface area contributed by atoms with E-state index in [2.05, 4.69) is 38.3 Å². The van der Waals surface area contributed by atoms with E-state index in [1.165, 1.54) is 12.8 Å². The third-order valence-electron chi connectivity index (χ3n) is 4.97. The molecular weight excluding hydrogens is 276 g/mol. The highest BCUT2D eigenvalue weighted by Gasteiger charge is 2.35. The van der Waals surface area contributed by atoms with Crippen molar-refractivity contribution in [3.63, 3.8) is 0 Å². The summed E-state index contributed by atoms with van der Waals surface area (Å²) in [5, 5.41) is 6.74. The molecule has 4 nitrogen and oxygen atoms in total. The summed E-state index contributed by atoms with van der Waals surface area (Å²) in [6.45, 7) is 15.3. The highest BCUT2D eigenvalue weighted by Crippen LogP contribution is 2.33. The second-order valence-electron chi connectivity index (χ2n) is 8.17. The largest absolute Gasteiger partial charge is 0.444 e. The molecule has 0 heterocycles. The Morgan fingerprint density at radius 2 is 1.73 bits per heavy atom. The molecule has 1 amide bonds. The lowest BCUT2D eigenvalue weighted by molar-refractivity contribution is 0.0436. The van der Waals surface area contributed by atoms with Crippen molar-refractivity contribution in [2.75, 3.05) is 6.54 Å². The van der Waals surface area contributed by atoms with E-state index >= 15 is 0 Å². The van der Waals surface area contributed by atoms with Crippen LogP contribution in [0.5, 0.6) is 0 Å². The predicted molar refractivity (Wildman–Crippen MR) is 92.0 cm³/mol. The maximum atomic E-state index is 12.1. The molecule has 0 radical (unpaired) electrons. The fourth-order valence-electron chi connectivity index (χ4n) is 2.95. The van der Waals surface area contributed by atoms with Crippen LogP contribution in [0.3, 0.4) is 0 Å². The number of hydrogen-bond acceptors (Lipinski definition) is 3. The smallest absolute Gasteiger partial charge is 0.408 e. The topological polar surface area (TPSA) is 50.4 Å². The number of amides is 1. The molecule has 0 spiro atoms. The maximum Gasteiger partial charge on any atom is 0.408 e. The molecule has 1 fully saturated rings. The van der Waals surface area contributed by atoms with Crippen molar-refractivity contribution in [3.8, 4) is 0 Å². The van der Waals surface area contributed by atoms with Crippen LogP contribution in [-0.2, 0) is 4.74 Å². The number of hydrogen-bond donors (Lipinski definition) is 2. The SMILES string of the molecule is CCC(CC)(CNC1CC(C(C)C)C1)NC(=O)OC(C)(C)C. The van der Waals surface area contributed by atoms with Gasteiger partial charge in [-0.05, 0) is 58.3 Å². The van der Waals surface area contributed by atoms with Crippen molar-refractivity contribution in [3.05, 3.63) is 0 Å². The molecule has 0 unspecified atom stereocenters. The van der Waals surface area contributed by atoms with Gasteiger partial charge in [0.25, 0.3) is 0 Å². The second-order valence-corrected chi connectivity index (χ2v) is 8.17. The lowest BCUT2D eigenvalue weighted by atomic mass is 9.73. The Morgan fingerprint density at radius 3 is 2.14 bits per heavy atom. The molecule has 0 saturated heterocycles. The Labute approximate surface area is 136 Å². The van der Waals surface area contributed by atoms with Gasteiger partial charge in [0.1, 0.15) is 5.60 Å². The Hall–Kier alpha value is -0.770. The highest BCUT2D eigenvalue weighted by molar-refractivity contribution is 5.68. The number of carbonyl (C=O) groups is 1. The number of nitrogens with one attached hydrogen (secondary N) is 2. The van der Waals surface area contributed by atoms with Crippen LogP contribution in [-0.4, -0.2) is 29.8 Å². The molecule has 0 aromatic heterocycles. The standard InChI is InChI=1S/C18H36N2O2/c1-8-18(9-2,20-16(21)22-17(5,6)7)12-19-15-10-14(11-15)13(3)4/h13-15,19H,8-12H2,1-7H3,(H,20,21). The zero-order chi connectivity index (χ0) is 17.0. The Bertz CT molecular complexity index is 351. The third-order valence-corrected chi connectivity index (χ3v) is 4.97. The van der Waals surface area contributed by atoms with Crippen LogP contribution in [0.2, 0.25) is 0 Å². The van der Waals surface area contributed by atoms with Gasteiger partial charge < -0.3 is 15.4 Å². The van der Waals surface area contributed by atoms with Crippen molar-refractivity contribution < 1.29 is 9.53 Å². The van der Waals surface area contributed by atoms with Gasteiger partial charge in [-0.3, -0.25) is 0 Å². The summed E-state index contributed by atoms with van der Waals surface area (Å²) in [6.07, 6.45) is 4.00. The van der Waals surface area contributed by atoms with Gasteiger partial charge >= 0.3 is 6.09 Å². The van der Waals surface area contributed by atoms with E-state index in [0.29, 0.717) is 6.04 Å². The fourth-order valence-corrected chi connectivity index (χ4v) is 2.95. The van der Waals surface area contributed by atoms with Crippen LogP contribution >= 0.6 is 0 Å². The molecule has 2 N–H and O–H groups in total. The quantitative estimate of drug-likeness (QED) is 0.744.